The molecule has 216 valence electrons. The number of nitrogens with one attached hydrogen (secondary N) is 1. The van der Waals surface area contributed by atoms with Crippen LogP contribution in [0, 0.1) is 11.3 Å². The smallest absolute Gasteiger partial charge is 0.189 e. The first-order chi connectivity index (χ1) is 21.0. The number of aromatic amines is 1. The summed E-state index contributed by atoms with van der Waals surface area (Å²) >= 11 is 0. The molecule has 0 atom stereocenters. The number of hydrogen-bond donors (Lipinski definition) is 1. The lowest BCUT2D eigenvalue weighted by Gasteiger charge is -2.35. The summed E-state index contributed by atoms with van der Waals surface area (Å²) in [4.78, 5) is 21.3. The van der Waals surface area contributed by atoms with Gasteiger partial charge in [0, 0.05) is 73.9 Å². The normalized spacial score (nSPS) is 19.9. The summed E-state index contributed by atoms with van der Waals surface area (Å²) in [6, 6.07) is 24.4. The highest BCUT2D eigenvalue weighted by atomic mass is 19.1. The van der Waals surface area contributed by atoms with Crippen LogP contribution in [0.1, 0.15) is 57.4 Å². The summed E-state index contributed by atoms with van der Waals surface area (Å²) in [5.74, 6) is -0.0210. The number of rotatable bonds is 6. The zero-order chi connectivity index (χ0) is 29.4. The second-order valence-electron chi connectivity index (χ2n) is 12.2. The third-order valence-electron chi connectivity index (χ3n) is 9.35. The molecule has 0 unspecified atom stereocenters. The summed E-state index contributed by atoms with van der Waals surface area (Å²) in [5.41, 5.74) is 7.52. The maximum absolute atomic E-state index is 15.9. The van der Waals surface area contributed by atoms with Crippen LogP contribution in [0.15, 0.2) is 90.7 Å². The molecule has 0 saturated carbocycles. The minimum Gasteiger partial charge on any atom is -0.361 e. The van der Waals surface area contributed by atoms with Crippen molar-refractivity contribution in [3.05, 3.63) is 124 Å². The van der Waals surface area contributed by atoms with Crippen LogP contribution >= 0.6 is 0 Å². The first-order valence-electron chi connectivity index (χ1n) is 15.2. The van der Waals surface area contributed by atoms with Crippen molar-refractivity contribution >= 4 is 22.3 Å². The Bertz CT molecular complexity index is 1790. The molecule has 1 fully saturated rings. The number of alkyl halides is 1. The predicted molar refractivity (Wildman–Crippen MR) is 168 cm³/mol. The molecule has 3 aromatic carbocycles. The second kappa shape index (κ2) is 11.4. The van der Waals surface area contributed by atoms with E-state index in [-0.39, 0.29) is 5.78 Å². The molecule has 2 aliphatic heterocycles. The van der Waals surface area contributed by atoms with Gasteiger partial charge in [-0.3, -0.25) is 14.6 Å². The fraction of sp³-hybridized carbons (Fsp3) is 0.297. The molecule has 0 spiro atoms. The number of carbonyl (C=O) groups is 1. The highest BCUT2D eigenvalue weighted by Crippen LogP contribution is 2.36. The maximum atomic E-state index is 15.9. The van der Waals surface area contributed by atoms with Gasteiger partial charge in [0.2, 0.25) is 0 Å². The van der Waals surface area contributed by atoms with Crippen LogP contribution in [0.5, 0.6) is 0 Å². The Morgan fingerprint density at radius 1 is 0.977 bits per heavy atom. The average Bonchev–Trinajstić information content (AvgIpc) is 3.58. The highest BCUT2D eigenvalue weighted by molar-refractivity contribution is 6.13. The van der Waals surface area contributed by atoms with E-state index in [2.05, 4.69) is 51.2 Å². The molecule has 6 heteroatoms. The number of carbonyl (C=O) groups excluding carboxylic acids is 1. The number of ketones is 1. The Morgan fingerprint density at radius 3 is 2.58 bits per heavy atom. The molecule has 0 radical (unpaired) electrons. The standard InChI is InChI=1S/C37H35FN4O/c38-37(12-16-42(17-13-37)24-26-4-2-1-3-5-26)21-31-20-30-19-29(7-8-33(30)36(31)43)28-10-14-41(15-11-28)25-32-23-40-35-9-6-27(22-39)18-34(32)35/h1-10,18-19,21,23,40H,11-17,20,24-25H2/b31-21+. The van der Waals surface area contributed by atoms with E-state index in [0.717, 1.165) is 54.6 Å². The monoisotopic (exact) mass is 570 g/mol. The van der Waals surface area contributed by atoms with Crippen LogP contribution in [0.3, 0.4) is 0 Å². The van der Waals surface area contributed by atoms with Crippen LogP contribution < -0.4 is 0 Å². The van der Waals surface area contributed by atoms with E-state index >= 15 is 4.39 Å². The van der Waals surface area contributed by atoms with Crippen molar-refractivity contribution in [1.82, 2.24) is 14.8 Å². The van der Waals surface area contributed by atoms with E-state index in [9.17, 15) is 10.1 Å². The molecule has 43 heavy (non-hydrogen) atoms. The number of benzene rings is 3. The molecule has 1 N–H and O–H groups in total. The van der Waals surface area contributed by atoms with Crippen molar-refractivity contribution in [2.24, 2.45) is 0 Å². The van der Waals surface area contributed by atoms with E-state index in [0.29, 0.717) is 49.1 Å². The van der Waals surface area contributed by atoms with Crippen molar-refractivity contribution < 1.29 is 9.18 Å². The Balaban J connectivity index is 0.993. The maximum Gasteiger partial charge on any atom is 0.189 e. The van der Waals surface area contributed by atoms with E-state index in [4.69, 9.17) is 0 Å². The number of Topliss-reactive ketones (excluding diaryl/α,β-unsaturated/α-hetero) is 1. The molecule has 7 rings (SSSR count). The Kier molecular flexibility index (Phi) is 7.30. The van der Waals surface area contributed by atoms with Crippen LogP contribution in [0.2, 0.25) is 0 Å². The average molecular weight is 571 g/mol. The van der Waals surface area contributed by atoms with Crippen molar-refractivity contribution in [3.8, 4) is 6.07 Å². The minimum atomic E-state index is -1.43. The number of likely N-dealkylation sites (tertiary alicyclic amines) is 1. The van der Waals surface area contributed by atoms with Gasteiger partial charge >= 0.3 is 0 Å². The lowest BCUT2D eigenvalue weighted by Crippen LogP contribution is -2.40. The van der Waals surface area contributed by atoms with Crippen molar-refractivity contribution in [2.75, 3.05) is 26.2 Å². The molecule has 0 bridgehead atoms. The Labute approximate surface area is 251 Å². The number of halogens is 1. The van der Waals surface area contributed by atoms with Crippen LogP contribution in [0.25, 0.3) is 16.5 Å². The van der Waals surface area contributed by atoms with E-state index < -0.39 is 5.67 Å². The van der Waals surface area contributed by atoms with Gasteiger partial charge < -0.3 is 4.98 Å². The van der Waals surface area contributed by atoms with Gasteiger partial charge in [0.15, 0.2) is 5.78 Å². The predicted octanol–water partition coefficient (Wildman–Crippen LogP) is 7.00. The summed E-state index contributed by atoms with van der Waals surface area (Å²) in [6.07, 6.45) is 8.24. The fourth-order valence-electron chi connectivity index (χ4n) is 6.85. The molecular weight excluding hydrogens is 535 g/mol. The van der Waals surface area contributed by atoms with Gasteiger partial charge in [-0.25, -0.2) is 4.39 Å². The van der Waals surface area contributed by atoms with Crippen LogP contribution in [0.4, 0.5) is 4.39 Å². The molecule has 1 aliphatic carbocycles. The molecule has 3 heterocycles. The zero-order valence-corrected chi connectivity index (χ0v) is 24.3. The summed E-state index contributed by atoms with van der Waals surface area (Å²) in [5, 5.41) is 10.4. The van der Waals surface area contributed by atoms with Gasteiger partial charge in [-0.05, 0) is 71.4 Å². The molecule has 1 saturated heterocycles. The van der Waals surface area contributed by atoms with Crippen molar-refractivity contribution in [1.29, 1.82) is 5.26 Å². The topological polar surface area (TPSA) is 63.1 Å². The first-order valence-corrected chi connectivity index (χ1v) is 15.2. The van der Waals surface area contributed by atoms with Gasteiger partial charge in [-0.15, -0.1) is 0 Å². The molecular formula is C37H35FN4O. The number of nitriles is 1. The molecule has 3 aliphatic rings. The third-order valence-corrected chi connectivity index (χ3v) is 9.35. The highest BCUT2D eigenvalue weighted by Gasteiger charge is 2.36. The molecule has 1 aromatic heterocycles. The lowest BCUT2D eigenvalue weighted by atomic mass is 9.90. The van der Waals surface area contributed by atoms with Gasteiger partial charge in [-0.2, -0.15) is 5.26 Å². The number of aromatic nitrogens is 1. The fourth-order valence-corrected chi connectivity index (χ4v) is 6.85. The Hall–Kier alpha value is -4.31. The van der Waals surface area contributed by atoms with Crippen LogP contribution in [-0.4, -0.2) is 52.4 Å². The largest absolute Gasteiger partial charge is 0.361 e. The van der Waals surface area contributed by atoms with E-state index in [1.165, 1.54) is 16.7 Å². The first kappa shape index (κ1) is 27.5. The quantitative estimate of drug-likeness (QED) is 0.254. The third kappa shape index (κ3) is 5.71. The molecule has 5 nitrogen and oxygen atoms in total. The van der Waals surface area contributed by atoms with Crippen molar-refractivity contribution in [3.63, 3.8) is 0 Å². The van der Waals surface area contributed by atoms with E-state index in [1.807, 2.05) is 48.7 Å². The number of allylic oxidation sites excluding steroid dienone is 2. The molecule has 4 aromatic rings. The summed E-state index contributed by atoms with van der Waals surface area (Å²) < 4.78 is 15.9. The zero-order valence-electron chi connectivity index (χ0n) is 24.3. The van der Waals surface area contributed by atoms with Crippen molar-refractivity contribution in [2.45, 2.75) is 44.4 Å². The van der Waals surface area contributed by atoms with Gasteiger partial charge in [-0.1, -0.05) is 54.6 Å². The minimum absolute atomic E-state index is 0.0210. The SMILES string of the molecule is N#Cc1ccc2[nH]cc(CN3CC=C(c4ccc5c(c4)C/C(=C\C4(F)CCN(Cc6ccccc6)CC4)C5=O)CC3)c2c1. The Morgan fingerprint density at radius 2 is 1.81 bits per heavy atom. The van der Waals surface area contributed by atoms with E-state index in [1.54, 1.807) is 6.08 Å². The lowest BCUT2D eigenvalue weighted by molar-refractivity contribution is 0.0902. The number of fused-ring (bicyclic) bond motifs is 2. The van der Waals surface area contributed by atoms with Gasteiger partial charge in [0.25, 0.3) is 0 Å². The van der Waals surface area contributed by atoms with Crippen LogP contribution in [-0.2, 0) is 19.5 Å². The van der Waals surface area contributed by atoms with Gasteiger partial charge in [0.1, 0.15) is 5.67 Å². The molecule has 0 amide bonds. The summed E-state index contributed by atoms with van der Waals surface area (Å²) in [6.45, 7) is 4.80. The number of nitrogens with zero attached hydrogens (tertiary/aromatic N) is 3. The summed E-state index contributed by atoms with van der Waals surface area (Å²) in [7, 11) is 0. The second-order valence-corrected chi connectivity index (χ2v) is 12.2. The van der Waals surface area contributed by atoms with Gasteiger partial charge in [0.05, 0.1) is 11.6 Å². The number of hydrogen-bond acceptors (Lipinski definition) is 4. The number of piperidine rings is 1. The number of H-pyrrole nitrogens is 1.